The number of benzene rings is 1. The summed E-state index contributed by atoms with van der Waals surface area (Å²) < 4.78 is 6.30. The fraction of sp³-hybridized carbons (Fsp3) is 0.353. The first-order valence-corrected chi connectivity index (χ1v) is 8.15. The van der Waals surface area contributed by atoms with Crippen molar-refractivity contribution in [1.82, 2.24) is 14.5 Å². The largest absolute Gasteiger partial charge is 0.359 e. The molecule has 25 heavy (non-hydrogen) atoms. The molecule has 1 aromatic heterocycles. The lowest BCUT2D eigenvalue weighted by Gasteiger charge is -2.28. The zero-order valence-electron chi connectivity index (χ0n) is 13.9. The molecule has 0 aliphatic carbocycles. The van der Waals surface area contributed by atoms with Crippen molar-refractivity contribution in [3.05, 3.63) is 67.4 Å². The van der Waals surface area contributed by atoms with Crippen LogP contribution in [0.15, 0.2) is 40.1 Å². The lowest BCUT2D eigenvalue weighted by Crippen LogP contribution is -2.48. The average Bonchev–Trinajstić information content (AvgIpc) is 2.92. The van der Waals surface area contributed by atoms with Crippen LogP contribution in [0.1, 0.15) is 29.8 Å². The Morgan fingerprint density at radius 2 is 2.04 bits per heavy atom. The van der Waals surface area contributed by atoms with Gasteiger partial charge in [-0.3, -0.25) is 14.2 Å². The van der Waals surface area contributed by atoms with Gasteiger partial charge in [-0.05, 0) is 25.5 Å². The van der Waals surface area contributed by atoms with Gasteiger partial charge in [-0.15, -0.1) is 0 Å². The van der Waals surface area contributed by atoms with E-state index >= 15 is 0 Å². The molecule has 2 heterocycles. The molecule has 1 amide bonds. The molecule has 0 spiro atoms. The van der Waals surface area contributed by atoms with E-state index in [1.807, 2.05) is 13.8 Å². The van der Waals surface area contributed by atoms with Crippen LogP contribution in [0.25, 0.3) is 0 Å². The van der Waals surface area contributed by atoms with Crippen molar-refractivity contribution in [3.63, 3.8) is 0 Å². The van der Waals surface area contributed by atoms with E-state index in [0.717, 1.165) is 10.8 Å². The van der Waals surface area contributed by atoms with E-state index in [9.17, 15) is 14.4 Å². The third-order valence-corrected chi connectivity index (χ3v) is 4.60. The number of H-pyrrole nitrogens is 1. The highest BCUT2D eigenvalue weighted by molar-refractivity contribution is 6.31. The molecule has 0 saturated carbocycles. The predicted octanol–water partition coefficient (Wildman–Crippen LogP) is 1.45. The Morgan fingerprint density at radius 1 is 1.32 bits per heavy atom. The topological polar surface area (TPSA) is 84.4 Å². The maximum Gasteiger partial charge on any atom is 0.328 e. The first kappa shape index (κ1) is 17.4. The summed E-state index contributed by atoms with van der Waals surface area (Å²) in [5.74, 6) is -0.475. The van der Waals surface area contributed by atoms with Gasteiger partial charge in [0.25, 0.3) is 11.5 Å². The van der Waals surface area contributed by atoms with Gasteiger partial charge in [0.15, 0.2) is 0 Å². The molecule has 1 aliphatic heterocycles. The number of carbonyl (C=O) groups excluding carboxylic acids is 1. The highest BCUT2D eigenvalue weighted by Crippen LogP contribution is 2.22. The summed E-state index contributed by atoms with van der Waals surface area (Å²) in [5, 5.41) is 0.444. The molecule has 1 fully saturated rings. The zero-order valence-corrected chi connectivity index (χ0v) is 14.7. The molecule has 0 atom stereocenters. The van der Waals surface area contributed by atoms with Crippen molar-refractivity contribution >= 4 is 17.5 Å². The van der Waals surface area contributed by atoms with Crippen LogP contribution in [0.4, 0.5) is 0 Å². The standard InChI is InChI=1S/C17H18ClN3O4/c1-17(2)9-25-10-21(17)15(23)12-7-19-16(24)20(14(12)22)8-11-5-3-4-6-13(11)18/h3-7H,8-10H2,1-2H3,(H,19,24). The Balaban J connectivity index is 2.01. The number of aromatic amines is 1. The molecular weight excluding hydrogens is 346 g/mol. The molecule has 1 saturated heterocycles. The van der Waals surface area contributed by atoms with Gasteiger partial charge >= 0.3 is 5.69 Å². The first-order chi connectivity index (χ1) is 11.8. The fourth-order valence-electron chi connectivity index (χ4n) is 2.72. The van der Waals surface area contributed by atoms with Crippen molar-refractivity contribution in [2.24, 2.45) is 0 Å². The zero-order chi connectivity index (χ0) is 18.2. The van der Waals surface area contributed by atoms with Gasteiger partial charge < -0.3 is 14.6 Å². The van der Waals surface area contributed by atoms with E-state index in [4.69, 9.17) is 16.3 Å². The monoisotopic (exact) mass is 363 g/mol. The van der Waals surface area contributed by atoms with Gasteiger partial charge in [-0.2, -0.15) is 0 Å². The van der Waals surface area contributed by atoms with Crippen LogP contribution in [0.5, 0.6) is 0 Å². The molecule has 0 bridgehead atoms. The number of carbonyl (C=O) groups is 1. The number of nitrogens with one attached hydrogen (secondary N) is 1. The van der Waals surface area contributed by atoms with Crippen LogP contribution in [-0.4, -0.2) is 39.2 Å². The number of hydrogen-bond donors (Lipinski definition) is 1. The summed E-state index contributed by atoms with van der Waals surface area (Å²) in [4.78, 5) is 41.5. The Bertz CT molecular complexity index is 932. The SMILES string of the molecule is CC1(C)COCN1C(=O)c1c[nH]c(=O)n(Cc2ccccc2Cl)c1=O. The third kappa shape index (κ3) is 3.25. The first-order valence-electron chi connectivity index (χ1n) is 7.77. The lowest BCUT2D eigenvalue weighted by atomic mass is 10.1. The molecule has 1 aliphatic rings. The van der Waals surface area contributed by atoms with Gasteiger partial charge in [-0.25, -0.2) is 4.79 Å². The number of aromatic nitrogens is 2. The number of rotatable bonds is 3. The van der Waals surface area contributed by atoms with Crippen LogP contribution >= 0.6 is 11.6 Å². The van der Waals surface area contributed by atoms with Gasteiger partial charge in [0.2, 0.25) is 0 Å². The summed E-state index contributed by atoms with van der Waals surface area (Å²) in [6.45, 7) is 4.18. The molecule has 2 aromatic rings. The molecule has 0 unspecified atom stereocenters. The highest BCUT2D eigenvalue weighted by atomic mass is 35.5. The number of halogens is 1. The maximum atomic E-state index is 12.8. The molecular formula is C17H18ClN3O4. The molecule has 3 rings (SSSR count). The Labute approximate surface area is 148 Å². The average molecular weight is 364 g/mol. The minimum Gasteiger partial charge on any atom is -0.359 e. The fourth-order valence-corrected chi connectivity index (χ4v) is 2.92. The molecule has 8 heteroatoms. The smallest absolute Gasteiger partial charge is 0.328 e. The number of hydrogen-bond acceptors (Lipinski definition) is 4. The minimum absolute atomic E-state index is 0.0190. The molecule has 1 N–H and O–H groups in total. The maximum absolute atomic E-state index is 12.8. The lowest BCUT2D eigenvalue weighted by molar-refractivity contribution is 0.0602. The summed E-state index contributed by atoms with van der Waals surface area (Å²) >= 11 is 6.10. The van der Waals surface area contributed by atoms with Crippen LogP contribution < -0.4 is 11.2 Å². The Morgan fingerprint density at radius 3 is 2.68 bits per heavy atom. The second-order valence-electron chi connectivity index (χ2n) is 6.51. The van der Waals surface area contributed by atoms with Crippen molar-refractivity contribution in [2.75, 3.05) is 13.3 Å². The predicted molar refractivity (Wildman–Crippen MR) is 92.9 cm³/mol. The van der Waals surface area contributed by atoms with Crippen molar-refractivity contribution < 1.29 is 9.53 Å². The second kappa shape index (κ2) is 6.50. The Kier molecular flexibility index (Phi) is 4.53. The normalized spacial score (nSPS) is 16.2. The van der Waals surface area contributed by atoms with Crippen LogP contribution in [-0.2, 0) is 11.3 Å². The van der Waals surface area contributed by atoms with E-state index in [0.29, 0.717) is 17.2 Å². The van der Waals surface area contributed by atoms with E-state index in [1.165, 1.54) is 4.90 Å². The summed E-state index contributed by atoms with van der Waals surface area (Å²) in [5.41, 5.74) is -1.26. The van der Waals surface area contributed by atoms with Gasteiger partial charge in [-0.1, -0.05) is 29.8 Å². The van der Waals surface area contributed by atoms with E-state index < -0.39 is 22.7 Å². The third-order valence-electron chi connectivity index (χ3n) is 4.23. The minimum atomic E-state index is -0.656. The number of nitrogens with zero attached hydrogens (tertiary/aromatic N) is 2. The number of amides is 1. The van der Waals surface area contributed by atoms with Crippen LogP contribution in [0.2, 0.25) is 5.02 Å². The van der Waals surface area contributed by atoms with Gasteiger partial charge in [0.05, 0.1) is 18.7 Å². The van der Waals surface area contributed by atoms with E-state index in [2.05, 4.69) is 4.98 Å². The van der Waals surface area contributed by atoms with Gasteiger partial charge in [0.1, 0.15) is 12.3 Å². The van der Waals surface area contributed by atoms with Crippen LogP contribution in [0, 0.1) is 0 Å². The number of ether oxygens (including phenoxy) is 1. The molecule has 132 valence electrons. The molecule has 1 aromatic carbocycles. The molecule has 7 nitrogen and oxygen atoms in total. The van der Waals surface area contributed by atoms with Crippen molar-refractivity contribution in [2.45, 2.75) is 25.9 Å². The molecule has 0 radical (unpaired) electrons. The second-order valence-corrected chi connectivity index (χ2v) is 6.92. The van der Waals surface area contributed by atoms with E-state index in [1.54, 1.807) is 24.3 Å². The Hall–Kier alpha value is -2.38. The van der Waals surface area contributed by atoms with Crippen LogP contribution in [0.3, 0.4) is 0 Å². The highest BCUT2D eigenvalue weighted by Gasteiger charge is 2.38. The van der Waals surface area contributed by atoms with Crippen molar-refractivity contribution in [3.8, 4) is 0 Å². The summed E-state index contributed by atoms with van der Waals surface area (Å²) in [6, 6.07) is 6.92. The quantitative estimate of drug-likeness (QED) is 0.894. The summed E-state index contributed by atoms with van der Waals surface area (Å²) in [6.07, 6.45) is 1.16. The van der Waals surface area contributed by atoms with Gasteiger partial charge in [0, 0.05) is 11.2 Å². The summed E-state index contributed by atoms with van der Waals surface area (Å²) in [7, 11) is 0. The van der Waals surface area contributed by atoms with E-state index in [-0.39, 0.29) is 18.8 Å². The van der Waals surface area contributed by atoms with Crippen molar-refractivity contribution in [1.29, 1.82) is 0 Å².